The highest BCUT2D eigenvalue weighted by molar-refractivity contribution is 7.21. The van der Waals surface area contributed by atoms with Gasteiger partial charge in [0.05, 0.1) is 30.0 Å². The van der Waals surface area contributed by atoms with Crippen LogP contribution in [0.15, 0.2) is 6.07 Å². The highest BCUT2D eigenvalue weighted by atomic mass is 35.5. The first-order chi connectivity index (χ1) is 15.5. The van der Waals surface area contributed by atoms with Gasteiger partial charge >= 0.3 is 0 Å². The van der Waals surface area contributed by atoms with Crippen LogP contribution in [0, 0.1) is 12.8 Å². The van der Waals surface area contributed by atoms with Gasteiger partial charge in [-0.25, -0.2) is 9.67 Å². The Bertz CT molecular complexity index is 1110. The number of nitrogens with zero attached hydrogens (tertiary/aromatic N) is 6. The number of amides is 1. The Morgan fingerprint density at radius 2 is 2.15 bits per heavy atom. The Labute approximate surface area is 215 Å². The van der Waals surface area contributed by atoms with E-state index in [4.69, 9.17) is 16.2 Å². The van der Waals surface area contributed by atoms with Gasteiger partial charge in [0, 0.05) is 31.7 Å². The van der Waals surface area contributed by atoms with E-state index >= 15 is 0 Å². The fourth-order valence-electron chi connectivity index (χ4n) is 4.27. The Morgan fingerprint density at radius 3 is 2.88 bits per heavy atom. The fraction of sp³-hybridized carbons (Fsp3) is 0.571. The first kappa shape index (κ1) is 28.0. The number of hydrogen-bond acceptors (Lipinski definition) is 9. The number of anilines is 2. The Kier molecular flexibility index (Phi) is 10.3. The van der Waals surface area contributed by atoms with E-state index in [9.17, 15) is 4.79 Å². The van der Waals surface area contributed by atoms with Crippen molar-refractivity contribution in [3.8, 4) is 0 Å². The second kappa shape index (κ2) is 12.5. The van der Waals surface area contributed by atoms with Crippen molar-refractivity contribution < 1.29 is 9.53 Å². The average Bonchev–Trinajstić information content (AvgIpc) is 3.35. The summed E-state index contributed by atoms with van der Waals surface area (Å²) >= 11 is 1.27. The third kappa shape index (κ3) is 6.07. The number of aryl methyl sites for hydroxylation is 2. The molecule has 0 saturated carbocycles. The number of carbonyl (C=O) groups excluding carboxylic acids is 1. The number of fused-ring (bicyclic) bond motifs is 1. The van der Waals surface area contributed by atoms with Crippen LogP contribution in [-0.4, -0.2) is 57.4 Å². The maximum atomic E-state index is 11.8. The van der Waals surface area contributed by atoms with Gasteiger partial charge in [-0.15, -0.1) is 41.2 Å². The van der Waals surface area contributed by atoms with Crippen LogP contribution in [0.3, 0.4) is 0 Å². The maximum Gasteiger partial charge on any atom is 0.260 e. The van der Waals surface area contributed by atoms with Crippen molar-refractivity contribution in [2.45, 2.75) is 46.1 Å². The highest BCUT2D eigenvalue weighted by Crippen LogP contribution is 2.40. The number of piperidine rings is 1. The topological polar surface area (TPSA) is 138 Å². The molecule has 1 fully saturated rings. The second-order valence-electron chi connectivity index (χ2n) is 8.27. The number of hydrogen-bond donors (Lipinski definition) is 2. The summed E-state index contributed by atoms with van der Waals surface area (Å²) in [5.41, 5.74) is 14.2. The number of tetrazole rings is 1. The number of ether oxygens (including phenoxy) is 1. The van der Waals surface area contributed by atoms with Crippen LogP contribution in [0.4, 0.5) is 11.4 Å². The van der Waals surface area contributed by atoms with E-state index in [0.29, 0.717) is 36.1 Å². The summed E-state index contributed by atoms with van der Waals surface area (Å²) in [6.45, 7) is 7.97. The van der Waals surface area contributed by atoms with Crippen molar-refractivity contribution >= 4 is 63.6 Å². The Hall–Kier alpha value is -2.21. The number of pyridine rings is 1. The van der Waals surface area contributed by atoms with Gasteiger partial charge in [0.15, 0.2) is 5.82 Å². The second-order valence-corrected chi connectivity index (χ2v) is 9.27. The van der Waals surface area contributed by atoms with Crippen molar-refractivity contribution in [3.63, 3.8) is 0 Å². The van der Waals surface area contributed by atoms with E-state index in [1.54, 1.807) is 0 Å². The standard InChI is InChI=1S/C21H30N8O2S.2ClH/c1-3-7-29-16(25-26-27-29)6-9-31-12-14-5-4-8-28(11-14)15-10-13(2)24-21-17(15)18(22)19(32-21)20(23)30;;/h10,14H,3-9,11-12,22H2,1-2H3,(H2,23,30);2*1H/t14-;;/m0../s1. The molecule has 34 heavy (non-hydrogen) atoms. The third-order valence-electron chi connectivity index (χ3n) is 5.75. The molecule has 1 amide bonds. The van der Waals surface area contributed by atoms with Gasteiger partial charge in [0.1, 0.15) is 9.71 Å². The van der Waals surface area contributed by atoms with Crippen molar-refractivity contribution in [1.29, 1.82) is 0 Å². The van der Waals surface area contributed by atoms with Gasteiger partial charge in [-0.05, 0) is 48.6 Å². The van der Waals surface area contributed by atoms with Crippen LogP contribution in [0.5, 0.6) is 0 Å². The van der Waals surface area contributed by atoms with Crippen molar-refractivity contribution in [3.05, 3.63) is 22.5 Å². The third-order valence-corrected chi connectivity index (χ3v) is 6.87. The molecule has 4 rings (SSSR count). The lowest BCUT2D eigenvalue weighted by atomic mass is 9.98. The van der Waals surface area contributed by atoms with Crippen LogP contribution in [0.2, 0.25) is 0 Å². The van der Waals surface area contributed by atoms with Gasteiger partial charge in [0.25, 0.3) is 5.91 Å². The summed E-state index contributed by atoms with van der Waals surface area (Å²) in [5.74, 6) is 0.767. The highest BCUT2D eigenvalue weighted by Gasteiger charge is 2.25. The number of aromatic nitrogens is 5. The average molecular weight is 532 g/mol. The molecule has 1 aliphatic rings. The number of nitrogen functional groups attached to an aromatic ring is 1. The monoisotopic (exact) mass is 530 g/mol. The zero-order valence-electron chi connectivity index (χ0n) is 19.4. The van der Waals surface area contributed by atoms with Crippen LogP contribution in [0.25, 0.3) is 10.2 Å². The molecule has 0 aromatic carbocycles. The summed E-state index contributed by atoms with van der Waals surface area (Å²) < 4.78 is 7.84. The minimum absolute atomic E-state index is 0. The summed E-state index contributed by atoms with van der Waals surface area (Å²) in [6.07, 6.45) is 3.88. The molecule has 4 N–H and O–H groups in total. The molecule has 188 valence electrons. The molecule has 10 nitrogen and oxygen atoms in total. The first-order valence-electron chi connectivity index (χ1n) is 11.0. The lowest BCUT2D eigenvalue weighted by Gasteiger charge is -2.35. The molecule has 3 aromatic rings. The zero-order valence-corrected chi connectivity index (χ0v) is 21.8. The van der Waals surface area contributed by atoms with Crippen LogP contribution >= 0.6 is 36.2 Å². The molecule has 0 spiro atoms. The van der Waals surface area contributed by atoms with Crippen LogP contribution < -0.4 is 16.4 Å². The number of halogens is 2. The minimum atomic E-state index is -0.510. The molecule has 1 aliphatic heterocycles. The summed E-state index contributed by atoms with van der Waals surface area (Å²) in [7, 11) is 0. The molecule has 4 heterocycles. The number of carbonyl (C=O) groups is 1. The molecule has 0 bridgehead atoms. The molecule has 13 heteroatoms. The smallest absolute Gasteiger partial charge is 0.260 e. The lowest BCUT2D eigenvalue weighted by molar-refractivity contribution is 0.0944. The minimum Gasteiger partial charge on any atom is -0.397 e. The van der Waals surface area contributed by atoms with E-state index in [0.717, 1.165) is 66.3 Å². The van der Waals surface area contributed by atoms with Gasteiger partial charge in [-0.3, -0.25) is 4.79 Å². The van der Waals surface area contributed by atoms with E-state index in [1.165, 1.54) is 11.3 Å². The van der Waals surface area contributed by atoms with Crippen LogP contribution in [-0.2, 0) is 17.7 Å². The summed E-state index contributed by atoms with van der Waals surface area (Å²) in [4.78, 5) is 19.8. The Balaban J connectivity index is 0.00000204. The zero-order chi connectivity index (χ0) is 22.7. The number of thiophene rings is 1. The normalized spacial score (nSPS) is 15.7. The van der Waals surface area contributed by atoms with E-state index in [2.05, 4.69) is 32.3 Å². The molecular weight excluding hydrogens is 499 g/mol. The van der Waals surface area contributed by atoms with E-state index in [-0.39, 0.29) is 24.8 Å². The molecule has 0 unspecified atom stereocenters. The fourth-order valence-corrected chi connectivity index (χ4v) is 5.29. The molecule has 1 atom stereocenters. The van der Waals surface area contributed by atoms with Crippen molar-refractivity contribution in [2.24, 2.45) is 11.7 Å². The predicted molar refractivity (Wildman–Crippen MR) is 139 cm³/mol. The van der Waals surface area contributed by atoms with E-state index in [1.807, 2.05) is 17.7 Å². The summed E-state index contributed by atoms with van der Waals surface area (Å²) in [5, 5.41) is 12.7. The van der Waals surface area contributed by atoms with Crippen LogP contribution in [0.1, 0.15) is 47.4 Å². The molecule has 0 radical (unpaired) electrons. The molecule has 0 aliphatic carbocycles. The van der Waals surface area contributed by atoms with E-state index < -0.39 is 5.91 Å². The van der Waals surface area contributed by atoms with Crippen molar-refractivity contribution in [1.82, 2.24) is 25.2 Å². The predicted octanol–water partition coefficient (Wildman–Crippen LogP) is 3.00. The largest absolute Gasteiger partial charge is 0.397 e. The van der Waals surface area contributed by atoms with Gasteiger partial charge in [-0.1, -0.05) is 6.92 Å². The maximum absolute atomic E-state index is 11.8. The molecule has 1 saturated heterocycles. The number of primary amides is 1. The van der Waals surface area contributed by atoms with Gasteiger partial charge in [-0.2, -0.15) is 0 Å². The molecular formula is C21H32Cl2N8O2S. The summed E-state index contributed by atoms with van der Waals surface area (Å²) in [6, 6.07) is 2.05. The SMILES string of the molecule is CCCn1nnnc1CCOC[C@H]1CCCN(c2cc(C)nc3sc(C(N)=O)c(N)c23)C1.Cl.Cl. The van der Waals surface area contributed by atoms with Crippen molar-refractivity contribution in [2.75, 3.05) is 36.9 Å². The Morgan fingerprint density at radius 1 is 1.35 bits per heavy atom. The quantitative estimate of drug-likeness (QED) is 0.402. The van der Waals surface area contributed by atoms with Gasteiger partial charge < -0.3 is 21.1 Å². The number of nitrogens with two attached hydrogens (primary N) is 2. The molecule has 3 aromatic heterocycles. The number of rotatable bonds is 9. The van der Waals surface area contributed by atoms with Gasteiger partial charge in [0.2, 0.25) is 0 Å². The first-order valence-corrected chi connectivity index (χ1v) is 11.9. The lowest BCUT2D eigenvalue weighted by Crippen LogP contribution is -2.37.